The Morgan fingerprint density at radius 1 is 1.29 bits per heavy atom. The Kier molecular flexibility index (Phi) is 7.21. The van der Waals surface area contributed by atoms with Gasteiger partial charge >= 0.3 is 5.97 Å². The third kappa shape index (κ3) is 5.61. The maximum absolute atomic E-state index is 12.0. The number of nitro benzene ring substituents is 1. The van der Waals surface area contributed by atoms with Crippen molar-refractivity contribution >= 4 is 39.7 Å². The van der Waals surface area contributed by atoms with Gasteiger partial charge in [-0.2, -0.15) is 5.10 Å². The SMILES string of the molecule is CCOc1cc(/C=N\NC(=O)c2ccc([N+](=O)[O-])cc2)cc(Br)c1OC(C)=O. The summed E-state index contributed by atoms with van der Waals surface area (Å²) in [6.07, 6.45) is 1.38. The highest BCUT2D eigenvalue weighted by Gasteiger charge is 2.14. The second kappa shape index (κ2) is 9.60. The average Bonchev–Trinajstić information content (AvgIpc) is 2.64. The molecule has 2 aromatic rings. The zero-order chi connectivity index (χ0) is 20.7. The molecule has 28 heavy (non-hydrogen) atoms. The lowest BCUT2D eigenvalue weighted by atomic mass is 10.2. The molecule has 0 radical (unpaired) electrons. The molecule has 2 aromatic carbocycles. The molecule has 146 valence electrons. The minimum absolute atomic E-state index is 0.110. The summed E-state index contributed by atoms with van der Waals surface area (Å²) >= 11 is 3.31. The number of ether oxygens (including phenoxy) is 2. The number of hydrogen-bond donors (Lipinski definition) is 1. The summed E-state index contributed by atoms with van der Waals surface area (Å²) in [5.74, 6) is -0.415. The highest BCUT2D eigenvalue weighted by molar-refractivity contribution is 9.10. The average molecular weight is 450 g/mol. The van der Waals surface area contributed by atoms with Crippen LogP contribution in [-0.2, 0) is 4.79 Å². The van der Waals surface area contributed by atoms with Crippen LogP contribution in [0.25, 0.3) is 0 Å². The van der Waals surface area contributed by atoms with Gasteiger partial charge in [-0.1, -0.05) is 0 Å². The molecule has 0 saturated heterocycles. The van der Waals surface area contributed by atoms with Crippen LogP contribution in [0.3, 0.4) is 0 Å². The first-order valence-corrected chi connectivity index (χ1v) is 8.83. The first-order valence-electron chi connectivity index (χ1n) is 8.04. The van der Waals surface area contributed by atoms with Gasteiger partial charge in [0.05, 0.1) is 22.2 Å². The number of halogens is 1. The second-order valence-electron chi connectivity index (χ2n) is 5.36. The van der Waals surface area contributed by atoms with E-state index in [1.807, 2.05) is 0 Å². The van der Waals surface area contributed by atoms with E-state index in [1.165, 1.54) is 37.4 Å². The monoisotopic (exact) mass is 449 g/mol. The number of hydrogen-bond acceptors (Lipinski definition) is 7. The van der Waals surface area contributed by atoms with Gasteiger partial charge in [0.1, 0.15) is 0 Å². The molecule has 0 aromatic heterocycles. The van der Waals surface area contributed by atoms with Crippen molar-refractivity contribution in [3.05, 3.63) is 62.1 Å². The number of rotatable bonds is 7. The molecule has 0 aliphatic heterocycles. The summed E-state index contributed by atoms with van der Waals surface area (Å²) in [7, 11) is 0. The summed E-state index contributed by atoms with van der Waals surface area (Å²) < 4.78 is 11.1. The van der Waals surface area contributed by atoms with Crippen molar-refractivity contribution in [2.24, 2.45) is 5.10 Å². The topological polar surface area (TPSA) is 120 Å². The summed E-state index contributed by atoms with van der Waals surface area (Å²) in [4.78, 5) is 33.4. The van der Waals surface area contributed by atoms with Gasteiger partial charge < -0.3 is 9.47 Å². The maximum Gasteiger partial charge on any atom is 0.308 e. The van der Waals surface area contributed by atoms with E-state index < -0.39 is 16.8 Å². The van der Waals surface area contributed by atoms with Crippen LogP contribution in [0.15, 0.2) is 46.0 Å². The Hall–Kier alpha value is -3.27. The second-order valence-corrected chi connectivity index (χ2v) is 6.21. The molecule has 0 saturated carbocycles. The zero-order valence-corrected chi connectivity index (χ0v) is 16.6. The molecule has 0 unspecified atom stereocenters. The molecule has 2 rings (SSSR count). The molecule has 0 spiro atoms. The van der Waals surface area contributed by atoms with Gasteiger partial charge in [0.2, 0.25) is 0 Å². The van der Waals surface area contributed by atoms with Crippen LogP contribution in [0.4, 0.5) is 5.69 Å². The third-order valence-corrected chi connectivity index (χ3v) is 3.89. The van der Waals surface area contributed by atoms with Crippen LogP contribution in [0.2, 0.25) is 0 Å². The number of benzene rings is 2. The number of nitro groups is 1. The van der Waals surface area contributed by atoms with Crippen molar-refractivity contribution in [2.75, 3.05) is 6.61 Å². The fourth-order valence-corrected chi connectivity index (χ4v) is 2.67. The van der Waals surface area contributed by atoms with Crippen molar-refractivity contribution in [1.29, 1.82) is 0 Å². The van der Waals surface area contributed by atoms with E-state index in [1.54, 1.807) is 19.1 Å². The standard InChI is InChI=1S/C18H16BrN3O6/c1-3-27-16-9-12(8-15(19)17(16)28-11(2)23)10-20-21-18(24)13-4-6-14(7-5-13)22(25)26/h4-10H,3H2,1-2H3,(H,21,24)/b20-10-. The van der Waals surface area contributed by atoms with Gasteiger partial charge in [-0.05, 0) is 52.7 Å². The molecule has 0 aliphatic carbocycles. The lowest BCUT2D eigenvalue weighted by molar-refractivity contribution is -0.384. The van der Waals surface area contributed by atoms with Crippen molar-refractivity contribution in [3.8, 4) is 11.5 Å². The van der Waals surface area contributed by atoms with E-state index in [9.17, 15) is 19.7 Å². The van der Waals surface area contributed by atoms with Crippen LogP contribution in [0.5, 0.6) is 11.5 Å². The Morgan fingerprint density at radius 2 is 1.96 bits per heavy atom. The van der Waals surface area contributed by atoms with Crippen molar-refractivity contribution in [2.45, 2.75) is 13.8 Å². The van der Waals surface area contributed by atoms with E-state index in [-0.39, 0.29) is 17.0 Å². The smallest absolute Gasteiger partial charge is 0.308 e. The molecule has 10 heteroatoms. The Morgan fingerprint density at radius 3 is 2.54 bits per heavy atom. The first-order chi connectivity index (χ1) is 13.3. The van der Waals surface area contributed by atoms with Crippen molar-refractivity contribution in [3.63, 3.8) is 0 Å². The van der Waals surface area contributed by atoms with Gasteiger partial charge in [-0.15, -0.1) is 0 Å². The van der Waals surface area contributed by atoms with E-state index in [0.717, 1.165) is 0 Å². The van der Waals surface area contributed by atoms with Crippen LogP contribution < -0.4 is 14.9 Å². The lowest BCUT2D eigenvalue weighted by Gasteiger charge is -2.12. The third-order valence-electron chi connectivity index (χ3n) is 3.30. The molecule has 0 atom stereocenters. The molecule has 0 aliphatic rings. The Balaban J connectivity index is 2.13. The van der Waals surface area contributed by atoms with Gasteiger partial charge in [0.15, 0.2) is 11.5 Å². The minimum atomic E-state index is -0.548. The number of hydrazone groups is 1. The number of nitrogens with zero attached hydrogens (tertiary/aromatic N) is 2. The van der Waals surface area contributed by atoms with E-state index in [2.05, 4.69) is 26.5 Å². The van der Waals surface area contributed by atoms with Crippen molar-refractivity contribution < 1.29 is 24.0 Å². The quantitative estimate of drug-likeness (QED) is 0.227. The van der Waals surface area contributed by atoms with Gasteiger partial charge in [0.25, 0.3) is 11.6 Å². The number of amides is 1. The minimum Gasteiger partial charge on any atom is -0.490 e. The van der Waals surface area contributed by atoms with Crippen LogP contribution >= 0.6 is 15.9 Å². The van der Waals surface area contributed by atoms with E-state index >= 15 is 0 Å². The van der Waals surface area contributed by atoms with Crippen LogP contribution in [0, 0.1) is 10.1 Å². The van der Waals surface area contributed by atoms with Crippen molar-refractivity contribution in [1.82, 2.24) is 5.43 Å². The summed E-state index contributed by atoms with van der Waals surface area (Å²) in [5, 5.41) is 14.5. The number of esters is 1. The Bertz CT molecular complexity index is 928. The summed E-state index contributed by atoms with van der Waals surface area (Å²) in [6, 6.07) is 8.38. The van der Waals surface area contributed by atoms with Crippen LogP contribution in [-0.4, -0.2) is 29.6 Å². The zero-order valence-electron chi connectivity index (χ0n) is 15.0. The fourth-order valence-electron chi connectivity index (χ4n) is 2.13. The first kappa shape index (κ1) is 21.0. The van der Waals surface area contributed by atoms with Crippen LogP contribution in [0.1, 0.15) is 29.8 Å². The van der Waals surface area contributed by atoms with E-state index in [4.69, 9.17) is 9.47 Å². The van der Waals surface area contributed by atoms with Gasteiger partial charge in [-0.3, -0.25) is 19.7 Å². The maximum atomic E-state index is 12.0. The molecular weight excluding hydrogens is 434 g/mol. The van der Waals surface area contributed by atoms with Gasteiger partial charge in [-0.25, -0.2) is 5.43 Å². The molecule has 9 nitrogen and oxygen atoms in total. The predicted molar refractivity (Wildman–Crippen MR) is 105 cm³/mol. The fraction of sp³-hybridized carbons (Fsp3) is 0.167. The number of nitrogens with one attached hydrogen (secondary N) is 1. The normalized spacial score (nSPS) is 10.5. The van der Waals surface area contributed by atoms with Gasteiger partial charge in [0, 0.05) is 24.6 Å². The number of carbonyl (C=O) groups excluding carboxylic acids is 2. The Labute approximate surface area is 168 Å². The number of non-ortho nitro benzene ring substituents is 1. The van der Waals surface area contributed by atoms with E-state index in [0.29, 0.717) is 22.4 Å². The predicted octanol–water partition coefficient (Wildman–Crippen LogP) is 3.45. The highest BCUT2D eigenvalue weighted by atomic mass is 79.9. The highest BCUT2D eigenvalue weighted by Crippen LogP contribution is 2.36. The summed E-state index contributed by atoms with van der Waals surface area (Å²) in [6.45, 7) is 3.43. The largest absolute Gasteiger partial charge is 0.490 e. The molecule has 1 amide bonds. The molecular formula is C18H16BrN3O6. The molecule has 0 fully saturated rings. The summed E-state index contributed by atoms with van der Waals surface area (Å²) in [5.41, 5.74) is 3.03. The number of carbonyl (C=O) groups is 2. The molecule has 1 N–H and O–H groups in total. The molecule has 0 heterocycles. The lowest BCUT2D eigenvalue weighted by Crippen LogP contribution is -2.17. The molecule has 0 bridgehead atoms.